The largest absolute Gasteiger partial charge is 0.482 e. The average molecular weight is 421 g/mol. The average Bonchev–Trinajstić information content (AvgIpc) is 2.77. The van der Waals surface area contributed by atoms with E-state index in [0.29, 0.717) is 17.1 Å². The Bertz CT molecular complexity index is 1160. The number of ether oxygens (including phenoxy) is 1. The van der Waals surface area contributed by atoms with Gasteiger partial charge in [-0.15, -0.1) is 0 Å². The van der Waals surface area contributed by atoms with Crippen LogP contribution in [0.4, 0.5) is 21.5 Å². The highest BCUT2D eigenvalue weighted by atomic mass is 19.1. The maximum Gasteiger partial charge on any atom is 0.269 e. The minimum atomic E-state index is -0.544. The zero-order chi connectivity index (χ0) is 22.0. The molecule has 0 aromatic heterocycles. The molecule has 0 saturated carbocycles. The first-order valence-corrected chi connectivity index (χ1v) is 9.28. The number of benzene rings is 3. The summed E-state index contributed by atoms with van der Waals surface area (Å²) < 4.78 is 18.7. The van der Waals surface area contributed by atoms with Gasteiger partial charge in [-0.3, -0.25) is 19.7 Å². The molecule has 1 aliphatic heterocycles. The van der Waals surface area contributed by atoms with Crippen molar-refractivity contribution < 1.29 is 23.6 Å². The van der Waals surface area contributed by atoms with Crippen LogP contribution in [0.3, 0.4) is 0 Å². The van der Waals surface area contributed by atoms with E-state index < -0.39 is 10.8 Å². The lowest BCUT2D eigenvalue weighted by molar-refractivity contribution is -0.384. The van der Waals surface area contributed by atoms with Crippen LogP contribution in [-0.2, 0) is 11.3 Å². The van der Waals surface area contributed by atoms with Crippen molar-refractivity contribution in [1.82, 2.24) is 0 Å². The molecule has 0 aliphatic carbocycles. The van der Waals surface area contributed by atoms with Gasteiger partial charge >= 0.3 is 0 Å². The van der Waals surface area contributed by atoms with Crippen molar-refractivity contribution >= 4 is 28.9 Å². The van der Waals surface area contributed by atoms with E-state index in [1.807, 2.05) is 0 Å². The molecule has 0 fully saturated rings. The third kappa shape index (κ3) is 4.35. The number of fused-ring (bicyclic) bond motifs is 1. The summed E-state index contributed by atoms with van der Waals surface area (Å²) in [6.45, 7) is 0.0952. The van der Waals surface area contributed by atoms with Crippen LogP contribution in [-0.4, -0.2) is 23.3 Å². The maximum absolute atomic E-state index is 13.2. The van der Waals surface area contributed by atoms with Crippen LogP contribution < -0.4 is 15.0 Å². The topological polar surface area (TPSA) is 102 Å². The second-order valence-electron chi connectivity index (χ2n) is 6.84. The number of nitrogens with one attached hydrogen (secondary N) is 1. The van der Waals surface area contributed by atoms with Gasteiger partial charge in [-0.1, -0.05) is 12.1 Å². The van der Waals surface area contributed by atoms with Gasteiger partial charge in [0, 0.05) is 23.4 Å². The fraction of sp³-hybridized carbons (Fsp3) is 0.0909. The number of carbonyl (C=O) groups is 2. The predicted molar refractivity (Wildman–Crippen MR) is 111 cm³/mol. The van der Waals surface area contributed by atoms with E-state index >= 15 is 0 Å². The number of carbonyl (C=O) groups excluding carboxylic acids is 2. The number of nitro benzene ring substituents is 1. The van der Waals surface area contributed by atoms with Crippen molar-refractivity contribution in [3.63, 3.8) is 0 Å². The van der Waals surface area contributed by atoms with Gasteiger partial charge in [-0.25, -0.2) is 4.39 Å². The highest BCUT2D eigenvalue weighted by molar-refractivity contribution is 6.05. The molecule has 3 aromatic carbocycles. The normalized spacial score (nSPS) is 12.7. The monoisotopic (exact) mass is 421 g/mol. The van der Waals surface area contributed by atoms with Crippen LogP contribution in [0.5, 0.6) is 5.75 Å². The Kier molecular flexibility index (Phi) is 5.31. The second kappa shape index (κ2) is 8.23. The minimum absolute atomic E-state index is 0.113. The van der Waals surface area contributed by atoms with Gasteiger partial charge in [0.2, 0.25) is 0 Å². The summed E-state index contributed by atoms with van der Waals surface area (Å²) in [5.74, 6) is -0.609. The van der Waals surface area contributed by atoms with Crippen LogP contribution in [0.1, 0.15) is 15.9 Å². The lowest BCUT2D eigenvalue weighted by atomic mass is 10.1. The van der Waals surface area contributed by atoms with Crippen LogP contribution in [0.25, 0.3) is 0 Å². The predicted octanol–water partition coefficient (Wildman–Crippen LogP) is 3.91. The van der Waals surface area contributed by atoms with Crippen molar-refractivity contribution in [2.24, 2.45) is 0 Å². The second-order valence-corrected chi connectivity index (χ2v) is 6.84. The summed E-state index contributed by atoms with van der Waals surface area (Å²) in [4.78, 5) is 36.7. The standard InChI is InChI=1S/C22H16FN3O5/c23-16-5-1-14(2-6-16)12-25-19-11-17(7-10-20(19)31-13-21(25)27)24-22(28)15-3-8-18(9-4-15)26(29)30/h1-11H,12-13H2,(H,24,28). The summed E-state index contributed by atoms with van der Waals surface area (Å²) in [5.41, 5.74) is 1.77. The molecule has 8 nitrogen and oxygen atoms in total. The Balaban J connectivity index is 1.56. The number of halogens is 1. The summed E-state index contributed by atoms with van der Waals surface area (Å²) in [6.07, 6.45) is 0. The fourth-order valence-corrected chi connectivity index (χ4v) is 3.16. The number of hydrogen-bond acceptors (Lipinski definition) is 5. The molecule has 4 rings (SSSR count). The molecule has 0 unspecified atom stereocenters. The minimum Gasteiger partial charge on any atom is -0.482 e. The SMILES string of the molecule is O=C(Nc1ccc2c(c1)N(Cc1ccc(F)cc1)C(=O)CO2)c1ccc([N+](=O)[O-])cc1. The quantitative estimate of drug-likeness (QED) is 0.497. The van der Waals surface area contributed by atoms with E-state index in [2.05, 4.69) is 5.32 Å². The summed E-state index contributed by atoms with van der Waals surface area (Å²) in [6, 6.07) is 15.9. The van der Waals surface area contributed by atoms with Crippen LogP contribution >= 0.6 is 0 Å². The summed E-state index contributed by atoms with van der Waals surface area (Å²) >= 11 is 0. The van der Waals surface area contributed by atoms with Gasteiger partial charge in [0.25, 0.3) is 17.5 Å². The molecule has 1 N–H and O–H groups in total. The van der Waals surface area contributed by atoms with Gasteiger partial charge in [0.05, 0.1) is 17.2 Å². The Morgan fingerprint density at radius 2 is 1.81 bits per heavy atom. The van der Waals surface area contributed by atoms with Gasteiger partial charge in [-0.2, -0.15) is 0 Å². The van der Waals surface area contributed by atoms with Gasteiger partial charge in [0.15, 0.2) is 6.61 Å². The number of nitro groups is 1. The van der Waals surface area contributed by atoms with Crippen molar-refractivity contribution in [2.75, 3.05) is 16.8 Å². The summed E-state index contributed by atoms with van der Waals surface area (Å²) in [7, 11) is 0. The van der Waals surface area contributed by atoms with E-state index in [-0.39, 0.29) is 36.1 Å². The van der Waals surface area contributed by atoms with E-state index in [1.165, 1.54) is 41.3 Å². The first-order chi connectivity index (χ1) is 14.9. The lowest BCUT2D eigenvalue weighted by Gasteiger charge is -2.30. The number of non-ortho nitro benzene ring substituents is 1. The molecule has 0 radical (unpaired) electrons. The molecule has 0 saturated heterocycles. The van der Waals surface area contributed by atoms with E-state index in [0.717, 1.165) is 5.56 Å². The Morgan fingerprint density at radius 1 is 1.10 bits per heavy atom. The Labute approximate surface area is 176 Å². The smallest absolute Gasteiger partial charge is 0.269 e. The van der Waals surface area contributed by atoms with Crippen molar-refractivity contribution in [3.05, 3.63) is 93.8 Å². The van der Waals surface area contributed by atoms with Crippen LogP contribution in [0, 0.1) is 15.9 Å². The van der Waals surface area contributed by atoms with Crippen LogP contribution in [0.2, 0.25) is 0 Å². The first kappa shape index (κ1) is 20.0. The molecule has 1 heterocycles. The zero-order valence-corrected chi connectivity index (χ0v) is 16.1. The zero-order valence-electron chi connectivity index (χ0n) is 16.1. The van der Waals surface area contributed by atoms with Crippen molar-refractivity contribution in [3.8, 4) is 5.75 Å². The number of anilines is 2. The molecule has 156 valence electrons. The highest BCUT2D eigenvalue weighted by Gasteiger charge is 2.26. The van der Waals surface area contributed by atoms with Crippen molar-refractivity contribution in [1.29, 1.82) is 0 Å². The van der Waals surface area contributed by atoms with Gasteiger partial charge in [-0.05, 0) is 48.0 Å². The highest BCUT2D eigenvalue weighted by Crippen LogP contribution is 2.35. The molecular weight excluding hydrogens is 405 g/mol. The molecule has 31 heavy (non-hydrogen) atoms. The molecule has 1 aliphatic rings. The molecule has 0 spiro atoms. The van der Waals surface area contributed by atoms with E-state index in [4.69, 9.17) is 4.74 Å². The first-order valence-electron chi connectivity index (χ1n) is 9.28. The van der Waals surface area contributed by atoms with Crippen LogP contribution in [0.15, 0.2) is 66.7 Å². The Hall–Kier alpha value is -4.27. The molecule has 0 atom stereocenters. The molecule has 9 heteroatoms. The Morgan fingerprint density at radius 3 is 2.48 bits per heavy atom. The maximum atomic E-state index is 13.2. The molecule has 0 bridgehead atoms. The lowest BCUT2D eigenvalue weighted by Crippen LogP contribution is -2.38. The summed E-state index contributed by atoms with van der Waals surface area (Å²) in [5, 5.41) is 13.5. The fourth-order valence-electron chi connectivity index (χ4n) is 3.16. The number of hydrogen-bond donors (Lipinski definition) is 1. The third-order valence-electron chi connectivity index (χ3n) is 4.75. The van der Waals surface area contributed by atoms with Crippen molar-refractivity contribution in [2.45, 2.75) is 6.54 Å². The molecule has 3 aromatic rings. The number of amides is 2. The van der Waals surface area contributed by atoms with E-state index in [9.17, 15) is 24.1 Å². The van der Waals surface area contributed by atoms with E-state index in [1.54, 1.807) is 30.3 Å². The molecular formula is C22H16FN3O5. The van der Waals surface area contributed by atoms with Gasteiger partial charge < -0.3 is 15.0 Å². The van der Waals surface area contributed by atoms with Gasteiger partial charge in [0.1, 0.15) is 11.6 Å². The number of nitrogens with zero attached hydrogens (tertiary/aromatic N) is 2. The third-order valence-corrected chi connectivity index (χ3v) is 4.75. The number of rotatable bonds is 5. The molecule has 2 amide bonds.